The van der Waals surface area contributed by atoms with Gasteiger partial charge in [0.05, 0.1) is 12.3 Å². The number of ether oxygens (including phenoxy) is 1. The molecule has 0 aliphatic rings. The summed E-state index contributed by atoms with van der Waals surface area (Å²) in [6.45, 7) is 1.49. The van der Waals surface area contributed by atoms with Crippen molar-refractivity contribution in [1.82, 2.24) is 4.98 Å². The summed E-state index contributed by atoms with van der Waals surface area (Å²) in [4.78, 5) is 3.84. The van der Waals surface area contributed by atoms with Crippen molar-refractivity contribution in [2.45, 2.75) is 0 Å². The largest absolute Gasteiger partial charge is 0.383 e. The van der Waals surface area contributed by atoms with Crippen molar-refractivity contribution >= 4 is 5.69 Å². The van der Waals surface area contributed by atoms with E-state index < -0.39 is 0 Å². The second-order valence-electron chi connectivity index (χ2n) is 2.08. The predicted octanol–water partition coefficient (Wildman–Crippen LogP) is 0.940. The predicted molar refractivity (Wildman–Crippen MR) is 43.4 cm³/mol. The molecule has 0 bridgehead atoms. The average Bonchev–Trinajstić information content (AvgIpc) is 2.07. The van der Waals surface area contributed by atoms with E-state index in [1.165, 1.54) is 0 Å². The first-order valence-corrected chi connectivity index (χ1v) is 3.49. The number of nitrogens with zero attached hydrogens (tertiary/aromatic N) is 1. The van der Waals surface area contributed by atoms with Gasteiger partial charge in [-0.3, -0.25) is 4.98 Å². The van der Waals surface area contributed by atoms with Gasteiger partial charge in [-0.1, -0.05) is 0 Å². The highest BCUT2D eigenvalue weighted by molar-refractivity contribution is 5.38. The summed E-state index contributed by atoms with van der Waals surface area (Å²) in [5, 5.41) is 3.10. The maximum absolute atomic E-state index is 4.87. The number of aromatic nitrogens is 1. The van der Waals surface area contributed by atoms with Gasteiger partial charge in [0.1, 0.15) is 6.20 Å². The van der Waals surface area contributed by atoms with Crippen LogP contribution in [0.25, 0.3) is 0 Å². The van der Waals surface area contributed by atoms with Crippen molar-refractivity contribution in [2.24, 2.45) is 0 Å². The van der Waals surface area contributed by atoms with Crippen LogP contribution in [0.2, 0.25) is 0 Å². The highest BCUT2D eigenvalue weighted by Crippen LogP contribution is 1.99. The fraction of sp³-hybridized carbons (Fsp3) is 0.375. The zero-order valence-electron chi connectivity index (χ0n) is 6.50. The van der Waals surface area contributed by atoms with Crippen molar-refractivity contribution in [3.05, 3.63) is 24.5 Å². The summed E-state index contributed by atoms with van der Waals surface area (Å²) < 4.78 is 4.87. The van der Waals surface area contributed by atoms with Gasteiger partial charge in [0.2, 0.25) is 0 Å². The van der Waals surface area contributed by atoms with E-state index in [0.29, 0.717) is 6.61 Å². The summed E-state index contributed by atoms with van der Waals surface area (Å²) in [5.74, 6) is 0. The first-order valence-electron chi connectivity index (χ1n) is 3.49. The smallest absolute Gasteiger partial charge is 0.114 e. The molecule has 3 heteroatoms. The van der Waals surface area contributed by atoms with Crippen LogP contribution in [0.5, 0.6) is 0 Å². The number of hydrogen-bond acceptors (Lipinski definition) is 3. The van der Waals surface area contributed by atoms with Crippen molar-refractivity contribution < 1.29 is 4.74 Å². The van der Waals surface area contributed by atoms with E-state index in [1.807, 2.05) is 12.1 Å². The zero-order valence-corrected chi connectivity index (χ0v) is 6.50. The van der Waals surface area contributed by atoms with E-state index in [-0.39, 0.29) is 0 Å². The van der Waals surface area contributed by atoms with Crippen LogP contribution in [0, 0.1) is 6.20 Å². The summed E-state index contributed by atoms with van der Waals surface area (Å²) in [5.41, 5.74) is 0.907. The molecule has 0 aliphatic heterocycles. The number of nitrogens with one attached hydrogen (secondary N) is 1. The summed E-state index contributed by atoms with van der Waals surface area (Å²) in [6.07, 6.45) is 4.51. The highest BCUT2D eigenvalue weighted by Gasteiger charge is 1.88. The van der Waals surface area contributed by atoms with Gasteiger partial charge in [-0.15, -0.1) is 0 Å². The zero-order chi connectivity index (χ0) is 7.94. The van der Waals surface area contributed by atoms with Gasteiger partial charge >= 0.3 is 0 Å². The molecule has 1 rings (SSSR count). The lowest BCUT2D eigenvalue weighted by molar-refractivity contribution is 0.211. The molecule has 0 spiro atoms. The van der Waals surface area contributed by atoms with Gasteiger partial charge in [-0.05, 0) is 12.1 Å². The summed E-state index contributed by atoms with van der Waals surface area (Å²) >= 11 is 0. The first-order chi connectivity index (χ1) is 5.43. The summed E-state index contributed by atoms with van der Waals surface area (Å²) in [6, 6.07) is 3.79. The Bertz CT molecular complexity index is 189. The van der Waals surface area contributed by atoms with Gasteiger partial charge in [-0.2, -0.15) is 0 Å². The fourth-order valence-corrected chi connectivity index (χ4v) is 0.713. The van der Waals surface area contributed by atoms with Crippen LogP contribution >= 0.6 is 0 Å². The molecular formula is C8H11N2O. The molecule has 1 N–H and O–H groups in total. The lowest BCUT2D eigenvalue weighted by atomic mass is 10.4. The minimum absolute atomic E-state index is 0.697. The molecule has 0 unspecified atom stereocenters. The van der Waals surface area contributed by atoms with E-state index in [2.05, 4.69) is 16.5 Å². The van der Waals surface area contributed by atoms with Gasteiger partial charge in [0.25, 0.3) is 0 Å². The van der Waals surface area contributed by atoms with Crippen molar-refractivity contribution in [1.29, 1.82) is 0 Å². The Labute approximate surface area is 66.4 Å². The van der Waals surface area contributed by atoms with Crippen LogP contribution in [0.15, 0.2) is 18.3 Å². The monoisotopic (exact) mass is 151 g/mol. The number of methoxy groups -OCH3 is 1. The molecule has 0 amide bonds. The molecule has 1 aromatic rings. The van der Waals surface area contributed by atoms with E-state index in [9.17, 15) is 0 Å². The number of anilines is 1. The SMILES string of the molecule is COCCNc1[c]nccc1. The van der Waals surface area contributed by atoms with Crippen LogP contribution in [-0.4, -0.2) is 25.2 Å². The lowest BCUT2D eigenvalue weighted by Gasteiger charge is -2.02. The second kappa shape index (κ2) is 4.68. The van der Waals surface area contributed by atoms with Crippen LogP contribution in [-0.2, 0) is 4.74 Å². The Morgan fingerprint density at radius 3 is 3.27 bits per heavy atom. The fourth-order valence-electron chi connectivity index (χ4n) is 0.713. The van der Waals surface area contributed by atoms with Crippen LogP contribution in [0.4, 0.5) is 5.69 Å². The third-order valence-corrected chi connectivity index (χ3v) is 1.23. The molecule has 0 aromatic carbocycles. The molecule has 0 aliphatic carbocycles. The summed E-state index contributed by atoms with van der Waals surface area (Å²) in [7, 11) is 1.68. The Morgan fingerprint density at radius 2 is 2.64 bits per heavy atom. The standard InChI is InChI=1S/C8H11N2O/c1-11-6-5-10-8-3-2-4-9-7-8/h2-4,10H,5-6H2,1H3. The molecule has 0 saturated heterocycles. The van der Waals surface area contributed by atoms with Crippen molar-refractivity contribution in [3.8, 4) is 0 Å². The number of rotatable bonds is 4. The minimum atomic E-state index is 0.697. The maximum atomic E-state index is 4.87. The topological polar surface area (TPSA) is 34.1 Å². The molecule has 3 nitrogen and oxygen atoms in total. The van der Waals surface area contributed by atoms with Gasteiger partial charge in [0, 0.05) is 19.9 Å². The maximum Gasteiger partial charge on any atom is 0.114 e. The number of hydrogen-bond donors (Lipinski definition) is 1. The van der Waals surface area contributed by atoms with Crippen LogP contribution in [0.3, 0.4) is 0 Å². The third kappa shape index (κ3) is 3.00. The van der Waals surface area contributed by atoms with E-state index in [1.54, 1.807) is 13.3 Å². The highest BCUT2D eigenvalue weighted by atomic mass is 16.5. The molecule has 0 saturated carbocycles. The second-order valence-corrected chi connectivity index (χ2v) is 2.08. The molecule has 1 aromatic heterocycles. The minimum Gasteiger partial charge on any atom is -0.383 e. The molecule has 1 heterocycles. The van der Waals surface area contributed by atoms with Gasteiger partial charge < -0.3 is 10.1 Å². The lowest BCUT2D eigenvalue weighted by Crippen LogP contribution is -2.07. The van der Waals surface area contributed by atoms with Crippen molar-refractivity contribution in [2.75, 3.05) is 25.6 Å². The van der Waals surface area contributed by atoms with Crippen LogP contribution < -0.4 is 5.32 Å². The van der Waals surface area contributed by atoms with Crippen molar-refractivity contribution in [3.63, 3.8) is 0 Å². The Hall–Kier alpha value is -1.09. The molecule has 1 radical (unpaired) electrons. The molecule has 11 heavy (non-hydrogen) atoms. The van der Waals surface area contributed by atoms with Gasteiger partial charge in [0.15, 0.2) is 0 Å². The Kier molecular flexibility index (Phi) is 3.41. The molecule has 0 fully saturated rings. The van der Waals surface area contributed by atoms with E-state index in [4.69, 9.17) is 4.74 Å². The Morgan fingerprint density at radius 1 is 1.73 bits per heavy atom. The van der Waals surface area contributed by atoms with Crippen LogP contribution in [0.1, 0.15) is 0 Å². The number of pyridine rings is 1. The molecular weight excluding hydrogens is 140 g/mol. The first kappa shape index (κ1) is 8.01. The average molecular weight is 151 g/mol. The normalized spacial score (nSPS) is 9.55. The van der Waals surface area contributed by atoms with E-state index >= 15 is 0 Å². The molecule has 0 atom stereocenters. The van der Waals surface area contributed by atoms with E-state index in [0.717, 1.165) is 12.2 Å². The van der Waals surface area contributed by atoms with Gasteiger partial charge in [-0.25, -0.2) is 0 Å². The quantitative estimate of drug-likeness (QED) is 0.650. The molecule has 59 valence electrons. The third-order valence-electron chi connectivity index (χ3n) is 1.23. The Balaban J connectivity index is 2.28.